The molecule has 9 heteroatoms. The zero-order chi connectivity index (χ0) is 26.5. The molecule has 0 unspecified atom stereocenters. The van der Waals surface area contributed by atoms with Crippen LogP contribution in [-0.4, -0.2) is 39.4 Å². The lowest BCUT2D eigenvalue weighted by Gasteiger charge is -2.24. The zero-order valence-corrected chi connectivity index (χ0v) is 22.7. The Hall–Kier alpha value is -3.07. The van der Waals surface area contributed by atoms with Gasteiger partial charge < -0.3 is 14.8 Å². The molecule has 1 amide bonds. The third kappa shape index (κ3) is 6.37. The van der Waals surface area contributed by atoms with Gasteiger partial charge >= 0.3 is 0 Å². The van der Waals surface area contributed by atoms with Crippen LogP contribution >= 0.6 is 11.6 Å². The number of halogens is 1. The molecule has 0 heterocycles. The fourth-order valence-electron chi connectivity index (χ4n) is 4.23. The van der Waals surface area contributed by atoms with E-state index in [0.717, 1.165) is 5.56 Å². The molecule has 36 heavy (non-hydrogen) atoms. The molecule has 0 spiro atoms. The Morgan fingerprint density at radius 1 is 0.944 bits per heavy atom. The second kappa shape index (κ2) is 11.8. The van der Waals surface area contributed by atoms with Crippen molar-refractivity contribution in [3.8, 4) is 11.5 Å². The molecule has 3 aromatic rings. The van der Waals surface area contributed by atoms with E-state index >= 15 is 0 Å². The second-order valence-electron chi connectivity index (χ2n) is 8.55. The molecule has 7 nitrogen and oxygen atoms in total. The van der Waals surface area contributed by atoms with Crippen molar-refractivity contribution < 1.29 is 22.7 Å². The number of aryl methyl sites for hydroxylation is 3. The van der Waals surface area contributed by atoms with Gasteiger partial charge in [0.1, 0.15) is 11.5 Å². The van der Waals surface area contributed by atoms with Crippen LogP contribution in [0.3, 0.4) is 0 Å². The van der Waals surface area contributed by atoms with E-state index in [1.165, 1.54) is 18.5 Å². The fraction of sp³-hybridized carbons (Fsp3) is 0.296. The van der Waals surface area contributed by atoms with E-state index < -0.39 is 15.9 Å². The quantitative estimate of drug-likeness (QED) is 0.407. The number of carbonyl (C=O) groups excluding carboxylic acids is 1. The largest absolute Gasteiger partial charge is 0.496 e. The first kappa shape index (κ1) is 27.5. The standard InChI is InChI=1S/C27H31ClN2O5S/c1-18-13-19(2)27(20(3)14-18)36(32,33)30(16-21-9-11-22(28)12-10-21)17-26(31)29-15-23-24(34-4)7-6-8-25(23)35-5/h6-14H,15-17H2,1-5H3,(H,29,31). The third-order valence-electron chi connectivity index (χ3n) is 5.79. The summed E-state index contributed by atoms with van der Waals surface area (Å²) in [6, 6.07) is 15.9. The van der Waals surface area contributed by atoms with Crippen molar-refractivity contribution in [1.82, 2.24) is 9.62 Å². The van der Waals surface area contributed by atoms with Crippen LogP contribution in [0.4, 0.5) is 0 Å². The van der Waals surface area contributed by atoms with E-state index in [0.29, 0.717) is 38.8 Å². The summed E-state index contributed by atoms with van der Waals surface area (Å²) in [5, 5.41) is 3.35. The average Bonchev–Trinajstić information content (AvgIpc) is 2.82. The zero-order valence-electron chi connectivity index (χ0n) is 21.1. The molecule has 0 aliphatic rings. The number of carbonyl (C=O) groups is 1. The number of ether oxygens (including phenoxy) is 2. The molecule has 0 aromatic heterocycles. The number of benzene rings is 3. The van der Waals surface area contributed by atoms with E-state index in [4.69, 9.17) is 21.1 Å². The predicted molar refractivity (Wildman–Crippen MR) is 141 cm³/mol. The van der Waals surface area contributed by atoms with Gasteiger partial charge in [-0.2, -0.15) is 4.31 Å². The molecule has 0 fully saturated rings. The summed E-state index contributed by atoms with van der Waals surface area (Å²) in [7, 11) is -0.932. The monoisotopic (exact) mass is 530 g/mol. The summed E-state index contributed by atoms with van der Waals surface area (Å²) in [6.07, 6.45) is 0. The summed E-state index contributed by atoms with van der Waals surface area (Å²) >= 11 is 6.01. The Kier molecular flexibility index (Phi) is 9.00. The first-order chi connectivity index (χ1) is 17.1. The van der Waals surface area contributed by atoms with E-state index in [1.54, 1.807) is 56.3 Å². The Labute approximate surface area is 218 Å². The minimum Gasteiger partial charge on any atom is -0.496 e. The molecule has 0 radical (unpaired) electrons. The summed E-state index contributed by atoms with van der Waals surface area (Å²) in [4.78, 5) is 13.3. The third-order valence-corrected chi connectivity index (χ3v) is 8.14. The minimum atomic E-state index is -4.00. The van der Waals surface area contributed by atoms with E-state index in [2.05, 4.69) is 5.32 Å². The molecule has 0 bridgehead atoms. The topological polar surface area (TPSA) is 84.9 Å². The lowest BCUT2D eigenvalue weighted by Crippen LogP contribution is -2.40. The van der Waals surface area contributed by atoms with Crippen molar-refractivity contribution in [2.75, 3.05) is 20.8 Å². The highest BCUT2D eigenvalue weighted by Crippen LogP contribution is 2.29. The predicted octanol–water partition coefficient (Wildman–Crippen LogP) is 4.79. The highest BCUT2D eigenvalue weighted by molar-refractivity contribution is 7.89. The number of amides is 1. The van der Waals surface area contributed by atoms with Crippen LogP contribution in [0.25, 0.3) is 0 Å². The smallest absolute Gasteiger partial charge is 0.244 e. The van der Waals surface area contributed by atoms with Gasteiger partial charge in [-0.05, 0) is 61.7 Å². The summed E-state index contributed by atoms with van der Waals surface area (Å²) in [6.45, 7) is 5.21. The summed E-state index contributed by atoms with van der Waals surface area (Å²) in [5.41, 5.74) is 3.61. The van der Waals surface area contributed by atoms with Crippen molar-refractivity contribution in [2.45, 2.75) is 38.8 Å². The molecule has 3 aromatic carbocycles. The number of hydrogen-bond donors (Lipinski definition) is 1. The number of hydrogen-bond acceptors (Lipinski definition) is 5. The van der Waals surface area contributed by atoms with Crippen molar-refractivity contribution in [3.05, 3.63) is 87.4 Å². The van der Waals surface area contributed by atoms with Crippen LogP contribution in [-0.2, 0) is 27.9 Å². The Morgan fingerprint density at radius 2 is 1.50 bits per heavy atom. The maximum Gasteiger partial charge on any atom is 0.244 e. The molecule has 0 saturated heterocycles. The van der Waals surface area contributed by atoms with Crippen LogP contribution in [0.5, 0.6) is 11.5 Å². The van der Waals surface area contributed by atoms with Crippen molar-refractivity contribution in [2.24, 2.45) is 0 Å². The first-order valence-electron chi connectivity index (χ1n) is 11.4. The van der Waals surface area contributed by atoms with Crippen molar-refractivity contribution >= 4 is 27.5 Å². The maximum atomic E-state index is 13.8. The normalized spacial score (nSPS) is 11.4. The Bertz CT molecular complexity index is 1300. The number of sulfonamides is 1. The maximum absolute atomic E-state index is 13.8. The lowest BCUT2D eigenvalue weighted by molar-refractivity contribution is -0.121. The lowest BCUT2D eigenvalue weighted by atomic mass is 10.1. The minimum absolute atomic E-state index is 0.0116. The first-order valence-corrected chi connectivity index (χ1v) is 13.2. The van der Waals surface area contributed by atoms with Gasteiger partial charge in [-0.3, -0.25) is 4.79 Å². The van der Waals surface area contributed by atoms with Crippen LogP contribution in [0, 0.1) is 20.8 Å². The molecule has 0 saturated carbocycles. The van der Waals surface area contributed by atoms with Crippen molar-refractivity contribution in [1.29, 1.82) is 0 Å². The van der Waals surface area contributed by atoms with Gasteiger partial charge in [0, 0.05) is 11.6 Å². The van der Waals surface area contributed by atoms with E-state index in [1.807, 2.05) is 19.1 Å². The van der Waals surface area contributed by atoms with E-state index in [-0.39, 0.29) is 24.5 Å². The molecule has 192 valence electrons. The second-order valence-corrected chi connectivity index (χ2v) is 10.9. The Balaban J connectivity index is 1.91. The fourth-order valence-corrected chi connectivity index (χ4v) is 6.15. The summed E-state index contributed by atoms with van der Waals surface area (Å²) in [5.74, 6) is 0.667. The molecular formula is C27H31ClN2O5S. The van der Waals surface area contributed by atoms with Gasteiger partial charge in [-0.1, -0.05) is 47.5 Å². The van der Waals surface area contributed by atoms with Crippen LogP contribution in [0.15, 0.2) is 59.5 Å². The van der Waals surface area contributed by atoms with Gasteiger partial charge in [-0.15, -0.1) is 0 Å². The number of rotatable bonds is 10. The van der Waals surface area contributed by atoms with Crippen LogP contribution < -0.4 is 14.8 Å². The molecule has 0 aliphatic carbocycles. The van der Waals surface area contributed by atoms with Gasteiger partial charge in [-0.25, -0.2) is 8.42 Å². The van der Waals surface area contributed by atoms with Gasteiger partial charge in [0.05, 0.1) is 37.8 Å². The number of nitrogens with one attached hydrogen (secondary N) is 1. The van der Waals surface area contributed by atoms with Gasteiger partial charge in [0.15, 0.2) is 0 Å². The van der Waals surface area contributed by atoms with Crippen LogP contribution in [0.1, 0.15) is 27.8 Å². The van der Waals surface area contributed by atoms with Crippen molar-refractivity contribution in [3.63, 3.8) is 0 Å². The molecule has 0 atom stereocenters. The van der Waals surface area contributed by atoms with Gasteiger partial charge in [0.2, 0.25) is 15.9 Å². The SMILES string of the molecule is COc1cccc(OC)c1CNC(=O)CN(Cc1ccc(Cl)cc1)S(=O)(=O)c1c(C)cc(C)cc1C. The van der Waals surface area contributed by atoms with E-state index in [9.17, 15) is 13.2 Å². The highest BCUT2D eigenvalue weighted by atomic mass is 35.5. The highest BCUT2D eigenvalue weighted by Gasteiger charge is 2.30. The summed E-state index contributed by atoms with van der Waals surface area (Å²) < 4.78 is 39.7. The molecular weight excluding hydrogens is 500 g/mol. The number of methoxy groups -OCH3 is 2. The van der Waals surface area contributed by atoms with Crippen LogP contribution in [0.2, 0.25) is 5.02 Å². The Morgan fingerprint density at radius 3 is 2.03 bits per heavy atom. The molecule has 0 aliphatic heterocycles. The molecule has 1 N–H and O–H groups in total. The molecule has 3 rings (SSSR count). The average molecular weight is 531 g/mol. The number of nitrogens with zero attached hydrogens (tertiary/aromatic N) is 1. The van der Waals surface area contributed by atoms with Gasteiger partial charge in [0.25, 0.3) is 0 Å².